The second kappa shape index (κ2) is 7.88. The van der Waals surface area contributed by atoms with Crippen LogP contribution in [0.2, 0.25) is 0 Å². The molecule has 2 aromatic heterocycles. The Morgan fingerprint density at radius 2 is 1.80 bits per heavy atom. The lowest BCUT2D eigenvalue weighted by Crippen LogP contribution is -2.17. The maximum absolute atomic E-state index is 9.66. The molecule has 30 heavy (non-hydrogen) atoms. The van der Waals surface area contributed by atoms with Crippen molar-refractivity contribution in [3.05, 3.63) is 71.2 Å². The molecule has 0 saturated carbocycles. The zero-order chi connectivity index (χ0) is 21.3. The number of aliphatic hydroxyl groups excluding tert-OH is 1. The Morgan fingerprint density at radius 3 is 2.47 bits per heavy atom. The van der Waals surface area contributed by atoms with Crippen LogP contribution in [0, 0.1) is 0 Å². The first-order chi connectivity index (χ1) is 14.3. The summed E-state index contributed by atoms with van der Waals surface area (Å²) in [4.78, 5) is 13.7. The van der Waals surface area contributed by atoms with Crippen molar-refractivity contribution in [1.29, 1.82) is 0 Å². The van der Waals surface area contributed by atoms with E-state index < -0.39 is 0 Å². The van der Waals surface area contributed by atoms with Gasteiger partial charge in [0.15, 0.2) is 11.5 Å². The second-order valence-electron chi connectivity index (χ2n) is 8.51. The molecule has 3 aromatic rings. The van der Waals surface area contributed by atoms with Crippen molar-refractivity contribution in [2.75, 3.05) is 11.9 Å². The molecule has 3 N–H and O–H groups in total. The summed E-state index contributed by atoms with van der Waals surface area (Å²) >= 11 is 0. The molecule has 1 aromatic carbocycles. The maximum Gasteiger partial charge on any atom is 0.165 e. The van der Waals surface area contributed by atoms with E-state index in [-0.39, 0.29) is 12.0 Å². The third-order valence-electron chi connectivity index (χ3n) is 5.18. The minimum atomic E-state index is -0.248. The van der Waals surface area contributed by atoms with Crippen LogP contribution >= 0.6 is 0 Å². The summed E-state index contributed by atoms with van der Waals surface area (Å²) in [5.74, 6) is 0.969. The summed E-state index contributed by atoms with van der Waals surface area (Å²) in [7, 11) is 0. The Hall–Kier alpha value is -3.25. The van der Waals surface area contributed by atoms with E-state index in [0.29, 0.717) is 17.3 Å². The largest absolute Gasteiger partial charge is 0.388 e. The van der Waals surface area contributed by atoms with E-state index in [1.54, 1.807) is 0 Å². The van der Waals surface area contributed by atoms with Crippen LogP contribution in [0.4, 0.5) is 11.5 Å². The number of benzene rings is 1. The van der Waals surface area contributed by atoms with Crippen molar-refractivity contribution in [2.45, 2.75) is 39.7 Å². The number of pyridine rings is 1. The number of dihydropyridines is 1. The summed E-state index contributed by atoms with van der Waals surface area (Å²) < 4.78 is 0. The lowest BCUT2D eigenvalue weighted by Gasteiger charge is -2.19. The minimum Gasteiger partial charge on any atom is -0.388 e. The summed E-state index contributed by atoms with van der Waals surface area (Å²) in [6.45, 7) is 9.16. The van der Waals surface area contributed by atoms with E-state index in [2.05, 4.69) is 72.6 Å². The molecule has 3 heterocycles. The molecular weight excluding hydrogens is 374 g/mol. The van der Waals surface area contributed by atoms with Crippen LogP contribution in [-0.4, -0.2) is 26.6 Å². The van der Waals surface area contributed by atoms with Crippen LogP contribution in [0.1, 0.15) is 44.8 Å². The van der Waals surface area contributed by atoms with Gasteiger partial charge in [-0.1, -0.05) is 45.1 Å². The van der Waals surface area contributed by atoms with Gasteiger partial charge in [-0.3, -0.25) is 0 Å². The molecule has 154 valence electrons. The third kappa shape index (κ3) is 4.04. The molecule has 0 bridgehead atoms. The van der Waals surface area contributed by atoms with Crippen LogP contribution in [0.25, 0.3) is 16.7 Å². The van der Waals surface area contributed by atoms with Crippen LogP contribution < -0.4 is 10.6 Å². The van der Waals surface area contributed by atoms with Crippen molar-refractivity contribution in [3.8, 4) is 0 Å². The van der Waals surface area contributed by atoms with Crippen LogP contribution in [-0.2, 0) is 12.0 Å². The van der Waals surface area contributed by atoms with E-state index in [9.17, 15) is 5.11 Å². The van der Waals surface area contributed by atoms with Gasteiger partial charge in [-0.05, 0) is 47.7 Å². The number of hydrogen-bond donors (Lipinski definition) is 3. The molecule has 0 aliphatic carbocycles. The number of nitrogens with zero attached hydrogens (tertiary/aromatic N) is 3. The van der Waals surface area contributed by atoms with E-state index in [1.807, 2.05) is 24.3 Å². The molecule has 0 spiro atoms. The average Bonchev–Trinajstić information content (AvgIpc) is 2.73. The number of hydrogen-bond acceptors (Lipinski definition) is 6. The number of allylic oxidation sites excluding steroid dienone is 2. The Labute approximate surface area is 176 Å². The molecule has 0 atom stereocenters. The molecule has 6 heteroatoms. The standard InChI is InChI=1S/C24H27N5O/c1-15-6-5-13-25-21(15)19-12-11-18-22(28-20(14-30)29-23(18)27-19)26-17-9-7-16(8-10-17)24(2,3)4/h5-12,25,30H,13-14H2,1-4H3,(H,26,27,28,29). The van der Waals surface area contributed by atoms with E-state index in [4.69, 9.17) is 4.98 Å². The molecule has 1 aliphatic heterocycles. The molecule has 0 fully saturated rings. The fraction of sp³-hybridized carbons (Fsp3) is 0.292. The van der Waals surface area contributed by atoms with Gasteiger partial charge in [0.1, 0.15) is 12.4 Å². The number of nitrogens with one attached hydrogen (secondary N) is 2. The lowest BCUT2D eigenvalue weighted by molar-refractivity contribution is 0.272. The molecule has 1 aliphatic rings. The third-order valence-corrected chi connectivity index (χ3v) is 5.18. The predicted molar refractivity (Wildman–Crippen MR) is 121 cm³/mol. The first-order valence-electron chi connectivity index (χ1n) is 10.1. The molecule has 0 unspecified atom stereocenters. The molecule has 0 amide bonds. The SMILES string of the molecule is CC1=C(c2ccc3c(Nc4ccc(C(C)(C)C)cc4)nc(CO)nc3n2)NCC=C1. The number of aromatic nitrogens is 3. The normalized spacial score (nSPS) is 14.2. The molecule has 0 radical (unpaired) electrons. The van der Waals surface area contributed by atoms with E-state index in [0.717, 1.165) is 34.6 Å². The molecule has 6 nitrogen and oxygen atoms in total. The monoisotopic (exact) mass is 401 g/mol. The zero-order valence-corrected chi connectivity index (χ0v) is 17.8. The highest BCUT2D eigenvalue weighted by molar-refractivity contribution is 5.89. The lowest BCUT2D eigenvalue weighted by atomic mass is 9.87. The van der Waals surface area contributed by atoms with Crippen molar-refractivity contribution < 1.29 is 5.11 Å². The van der Waals surface area contributed by atoms with Gasteiger partial charge in [-0.2, -0.15) is 0 Å². The van der Waals surface area contributed by atoms with Crippen LogP contribution in [0.15, 0.2) is 54.1 Å². The fourth-order valence-corrected chi connectivity index (χ4v) is 3.46. The highest BCUT2D eigenvalue weighted by atomic mass is 16.3. The zero-order valence-electron chi connectivity index (χ0n) is 17.8. The Morgan fingerprint density at radius 1 is 1.03 bits per heavy atom. The van der Waals surface area contributed by atoms with Gasteiger partial charge in [0.05, 0.1) is 16.8 Å². The highest BCUT2D eigenvalue weighted by Gasteiger charge is 2.15. The average molecular weight is 402 g/mol. The van der Waals surface area contributed by atoms with Gasteiger partial charge in [-0.25, -0.2) is 15.0 Å². The van der Waals surface area contributed by atoms with Gasteiger partial charge in [0.25, 0.3) is 0 Å². The Kier molecular flexibility index (Phi) is 5.26. The number of rotatable bonds is 4. The smallest absolute Gasteiger partial charge is 0.165 e. The van der Waals surface area contributed by atoms with Crippen molar-refractivity contribution in [1.82, 2.24) is 20.3 Å². The Bertz CT molecular complexity index is 1140. The fourth-order valence-electron chi connectivity index (χ4n) is 3.46. The Balaban J connectivity index is 1.73. The first kappa shape index (κ1) is 20.0. The summed E-state index contributed by atoms with van der Waals surface area (Å²) in [6, 6.07) is 12.3. The topological polar surface area (TPSA) is 83.0 Å². The first-order valence-corrected chi connectivity index (χ1v) is 10.1. The van der Waals surface area contributed by atoms with Gasteiger partial charge < -0.3 is 15.7 Å². The van der Waals surface area contributed by atoms with Crippen LogP contribution in [0.5, 0.6) is 0 Å². The summed E-state index contributed by atoms with van der Waals surface area (Å²) in [5.41, 5.74) is 5.79. The highest BCUT2D eigenvalue weighted by Crippen LogP contribution is 2.28. The van der Waals surface area contributed by atoms with Crippen molar-refractivity contribution in [3.63, 3.8) is 0 Å². The van der Waals surface area contributed by atoms with Gasteiger partial charge in [0.2, 0.25) is 0 Å². The molecule has 4 rings (SSSR count). The maximum atomic E-state index is 9.66. The number of aliphatic hydroxyl groups is 1. The second-order valence-corrected chi connectivity index (χ2v) is 8.51. The van der Waals surface area contributed by atoms with Gasteiger partial charge >= 0.3 is 0 Å². The summed E-state index contributed by atoms with van der Waals surface area (Å²) in [5, 5.41) is 17.2. The minimum absolute atomic E-state index is 0.0969. The van der Waals surface area contributed by atoms with E-state index in [1.165, 1.54) is 5.56 Å². The number of fused-ring (bicyclic) bond motifs is 1. The van der Waals surface area contributed by atoms with Crippen molar-refractivity contribution >= 4 is 28.2 Å². The predicted octanol–water partition coefficient (Wildman–Crippen LogP) is 4.45. The van der Waals surface area contributed by atoms with Gasteiger partial charge in [0, 0.05) is 12.2 Å². The molecular formula is C24H27N5O. The number of anilines is 2. The van der Waals surface area contributed by atoms with Crippen molar-refractivity contribution in [2.24, 2.45) is 0 Å². The quantitative estimate of drug-likeness (QED) is 0.599. The van der Waals surface area contributed by atoms with Crippen LogP contribution in [0.3, 0.4) is 0 Å². The molecule has 0 saturated heterocycles. The van der Waals surface area contributed by atoms with Gasteiger partial charge in [-0.15, -0.1) is 0 Å². The van der Waals surface area contributed by atoms with E-state index >= 15 is 0 Å². The summed E-state index contributed by atoms with van der Waals surface area (Å²) in [6.07, 6.45) is 4.17.